The minimum Gasteiger partial charge on any atom is -0.466 e. The average molecular weight is 457 g/mol. The average Bonchev–Trinajstić information content (AvgIpc) is 2.75. The minimum atomic E-state index is -0.965. The summed E-state index contributed by atoms with van der Waals surface area (Å²) in [6, 6.07) is 0. The van der Waals surface area contributed by atoms with E-state index in [0.717, 1.165) is 6.42 Å². The van der Waals surface area contributed by atoms with Crippen LogP contribution in [0.2, 0.25) is 0 Å². The van der Waals surface area contributed by atoms with Crippen molar-refractivity contribution in [3.63, 3.8) is 0 Å². The van der Waals surface area contributed by atoms with Crippen molar-refractivity contribution in [1.29, 1.82) is 0 Å². The van der Waals surface area contributed by atoms with Crippen LogP contribution in [0, 0.1) is 28.1 Å². The van der Waals surface area contributed by atoms with Crippen molar-refractivity contribution >= 4 is 29.3 Å². The number of aliphatic hydroxyl groups is 1. The summed E-state index contributed by atoms with van der Waals surface area (Å²) in [5.74, 6) is -1.76. The highest BCUT2D eigenvalue weighted by atomic mass is 35.5. The van der Waals surface area contributed by atoms with E-state index < -0.39 is 40.3 Å². The molecule has 2 saturated carbocycles. The third-order valence-electron chi connectivity index (χ3n) is 8.23. The van der Waals surface area contributed by atoms with E-state index in [2.05, 4.69) is 6.58 Å². The molecule has 7 atom stereocenters. The van der Waals surface area contributed by atoms with Crippen molar-refractivity contribution < 1.29 is 29.0 Å². The molecule has 0 aromatic rings. The van der Waals surface area contributed by atoms with E-state index in [-0.39, 0.29) is 49.4 Å². The lowest BCUT2D eigenvalue weighted by Crippen LogP contribution is -2.64. The van der Waals surface area contributed by atoms with Crippen LogP contribution in [0.4, 0.5) is 0 Å². The van der Waals surface area contributed by atoms with Crippen molar-refractivity contribution in [2.45, 2.75) is 78.9 Å². The first-order valence-corrected chi connectivity index (χ1v) is 11.7. The number of hydrogen-bond acceptors (Lipinski definition) is 6. The lowest BCUT2D eigenvalue weighted by atomic mass is 9.46. The predicted octanol–water partition coefficient (Wildman–Crippen LogP) is 4.07. The Balaban J connectivity index is 2.62. The normalized spacial score (nSPS) is 40.4. The molecule has 7 heteroatoms. The molecule has 2 aliphatic rings. The SMILES string of the molecule is C=C[C@]1(C)C[C@@H](OC(=O)CCl)[C@@]2(C)C(=O)[C@](CCC(=O)OCC)(CCC2C)[C@@H](C)[C@@H]1O. The number of halogens is 1. The second kappa shape index (κ2) is 9.62. The van der Waals surface area contributed by atoms with Crippen LogP contribution in [0.15, 0.2) is 12.7 Å². The van der Waals surface area contributed by atoms with Gasteiger partial charge in [0.1, 0.15) is 17.8 Å². The summed E-state index contributed by atoms with van der Waals surface area (Å²) < 4.78 is 10.9. The molecular formula is C24H37ClO6. The number of hydrogen-bond donors (Lipinski definition) is 1. The molecule has 0 radical (unpaired) electrons. The van der Waals surface area contributed by atoms with Gasteiger partial charge in [-0.15, -0.1) is 18.2 Å². The summed E-state index contributed by atoms with van der Waals surface area (Å²) in [5.41, 5.74) is -2.68. The van der Waals surface area contributed by atoms with E-state index in [1.807, 2.05) is 27.7 Å². The van der Waals surface area contributed by atoms with Crippen LogP contribution >= 0.6 is 11.6 Å². The smallest absolute Gasteiger partial charge is 0.321 e. The monoisotopic (exact) mass is 456 g/mol. The number of rotatable bonds is 7. The third-order valence-corrected chi connectivity index (χ3v) is 8.45. The maximum atomic E-state index is 14.2. The summed E-state index contributed by atoms with van der Waals surface area (Å²) in [6.45, 7) is 13.6. The molecule has 0 aliphatic heterocycles. The van der Waals surface area contributed by atoms with Gasteiger partial charge < -0.3 is 14.6 Å². The number of ketones is 1. The van der Waals surface area contributed by atoms with Crippen LogP contribution in [0.25, 0.3) is 0 Å². The highest BCUT2D eigenvalue weighted by molar-refractivity contribution is 6.26. The Hall–Kier alpha value is -1.40. The van der Waals surface area contributed by atoms with Crippen molar-refractivity contribution in [3.05, 3.63) is 12.7 Å². The standard InChI is InChI=1S/C24H37ClO6/c1-7-22(5)13-17(31-19(27)14-25)23(6)15(3)9-11-24(21(23)29,16(4)20(22)28)12-10-18(26)30-8-2/h7,15-17,20,28H,1,8-14H2,2-6H3/t15?,16-,17+,20-,22+,23-,24-/m0/s1. The number of carbonyl (C=O) groups excluding carboxylic acids is 3. The Morgan fingerprint density at radius 2 is 1.94 bits per heavy atom. The van der Waals surface area contributed by atoms with E-state index in [1.165, 1.54) is 0 Å². The first-order chi connectivity index (χ1) is 14.4. The van der Waals surface area contributed by atoms with Crippen molar-refractivity contribution in [3.8, 4) is 0 Å². The topological polar surface area (TPSA) is 89.9 Å². The fourth-order valence-electron chi connectivity index (χ4n) is 5.73. The molecule has 0 spiro atoms. The van der Waals surface area contributed by atoms with Gasteiger partial charge in [0, 0.05) is 17.3 Å². The number of carbonyl (C=O) groups is 3. The zero-order valence-electron chi connectivity index (χ0n) is 19.4. The molecule has 0 heterocycles. The minimum absolute atomic E-state index is 0.0413. The Morgan fingerprint density at radius 1 is 1.29 bits per heavy atom. The Kier molecular flexibility index (Phi) is 8.02. The molecule has 0 saturated heterocycles. The van der Waals surface area contributed by atoms with Gasteiger partial charge in [0.05, 0.1) is 18.1 Å². The summed E-state index contributed by atoms with van der Waals surface area (Å²) in [6.07, 6.45) is 1.97. The largest absolute Gasteiger partial charge is 0.466 e. The molecular weight excluding hydrogens is 420 g/mol. The van der Waals surface area contributed by atoms with Gasteiger partial charge in [0.2, 0.25) is 0 Å². The number of alkyl halides is 1. The summed E-state index contributed by atoms with van der Waals surface area (Å²) in [7, 11) is 0. The fourth-order valence-corrected chi connectivity index (χ4v) is 5.80. The second-order valence-corrected chi connectivity index (χ2v) is 10.0. The lowest BCUT2D eigenvalue weighted by molar-refractivity contribution is -0.191. The molecule has 0 amide bonds. The van der Waals surface area contributed by atoms with Crippen LogP contribution in [-0.4, -0.2) is 47.5 Å². The van der Waals surface area contributed by atoms with Crippen molar-refractivity contribution in [2.75, 3.05) is 12.5 Å². The number of esters is 2. The Bertz CT molecular complexity index is 723. The van der Waals surface area contributed by atoms with E-state index in [1.54, 1.807) is 13.0 Å². The highest BCUT2D eigenvalue weighted by Gasteiger charge is 2.64. The predicted molar refractivity (Wildman–Crippen MR) is 119 cm³/mol. The highest BCUT2D eigenvalue weighted by Crippen LogP contribution is 2.59. The molecule has 1 unspecified atom stereocenters. The van der Waals surface area contributed by atoms with Gasteiger partial charge in [-0.25, -0.2) is 0 Å². The molecule has 2 rings (SSSR count). The quantitative estimate of drug-likeness (QED) is 0.353. The maximum Gasteiger partial charge on any atom is 0.321 e. The molecule has 2 aliphatic carbocycles. The van der Waals surface area contributed by atoms with Gasteiger partial charge in [-0.3, -0.25) is 14.4 Å². The number of aliphatic hydroxyl groups excluding tert-OH is 1. The van der Waals surface area contributed by atoms with Gasteiger partial charge in [-0.1, -0.05) is 26.8 Å². The molecule has 0 aromatic carbocycles. The number of ether oxygens (including phenoxy) is 2. The molecule has 6 nitrogen and oxygen atoms in total. The first-order valence-electron chi connectivity index (χ1n) is 11.2. The molecule has 0 aromatic heterocycles. The summed E-state index contributed by atoms with van der Waals surface area (Å²) in [4.78, 5) is 38.6. The molecule has 2 fully saturated rings. The van der Waals surface area contributed by atoms with Gasteiger partial charge in [0.25, 0.3) is 0 Å². The van der Waals surface area contributed by atoms with E-state index in [0.29, 0.717) is 6.42 Å². The van der Waals surface area contributed by atoms with E-state index in [9.17, 15) is 19.5 Å². The van der Waals surface area contributed by atoms with Gasteiger partial charge in [-0.2, -0.15) is 0 Å². The van der Waals surface area contributed by atoms with Gasteiger partial charge >= 0.3 is 11.9 Å². The van der Waals surface area contributed by atoms with E-state index in [4.69, 9.17) is 21.1 Å². The zero-order valence-corrected chi connectivity index (χ0v) is 20.2. The molecule has 1 N–H and O–H groups in total. The third kappa shape index (κ3) is 4.43. The Morgan fingerprint density at radius 3 is 2.48 bits per heavy atom. The van der Waals surface area contributed by atoms with Crippen LogP contribution in [0.1, 0.15) is 66.7 Å². The number of Topliss-reactive ketones (excluding diaryl/α,β-unsaturated/α-hetero) is 1. The summed E-state index contributed by atoms with van der Waals surface area (Å²) >= 11 is 5.71. The van der Waals surface area contributed by atoms with Crippen LogP contribution in [0.3, 0.4) is 0 Å². The van der Waals surface area contributed by atoms with Crippen LogP contribution in [0.5, 0.6) is 0 Å². The number of fused-ring (bicyclic) bond motifs is 2. The first kappa shape index (κ1) is 25.9. The molecule has 2 bridgehead atoms. The van der Waals surface area contributed by atoms with Gasteiger partial charge in [-0.05, 0) is 51.4 Å². The molecule has 31 heavy (non-hydrogen) atoms. The maximum absolute atomic E-state index is 14.2. The summed E-state index contributed by atoms with van der Waals surface area (Å²) in [5, 5.41) is 11.4. The van der Waals surface area contributed by atoms with E-state index >= 15 is 0 Å². The van der Waals surface area contributed by atoms with Crippen LogP contribution in [-0.2, 0) is 23.9 Å². The lowest BCUT2D eigenvalue weighted by Gasteiger charge is -2.58. The molecule has 176 valence electrons. The van der Waals surface area contributed by atoms with Crippen molar-refractivity contribution in [1.82, 2.24) is 0 Å². The fraction of sp³-hybridized carbons (Fsp3) is 0.792. The Labute approximate surface area is 190 Å². The van der Waals surface area contributed by atoms with Gasteiger partial charge in [0.15, 0.2) is 0 Å². The van der Waals surface area contributed by atoms with Crippen molar-refractivity contribution in [2.24, 2.45) is 28.1 Å². The zero-order chi connectivity index (χ0) is 23.6. The second-order valence-electron chi connectivity index (χ2n) is 9.77. The van der Waals surface area contributed by atoms with Crippen LogP contribution < -0.4 is 0 Å².